The number of carbonyl (C=O) groups excluding carboxylic acids is 3. The number of anilines is 1. The Morgan fingerprint density at radius 2 is 1.61 bits per heavy atom. The number of alkyl carbamates (subject to hydrolysis) is 1. The average Bonchev–Trinajstić information content (AvgIpc) is 2.90. The number of phenolic OH excluding ortho intramolecular Hbond substituents is 2. The predicted molar refractivity (Wildman–Crippen MR) is 158 cm³/mol. The number of hydrogen-bond donors (Lipinski definition) is 4. The number of amides is 3. The van der Waals surface area contributed by atoms with Gasteiger partial charge in [-0.1, -0.05) is 54.6 Å². The zero-order valence-corrected chi connectivity index (χ0v) is 23.8. The number of para-hydroxylation sites is 2. The number of nitrogens with one attached hydrogen (secondary N) is 2. The summed E-state index contributed by atoms with van der Waals surface area (Å²) in [5.74, 6) is -1.28. The van der Waals surface area contributed by atoms with Gasteiger partial charge < -0.3 is 30.5 Å². The normalized spacial score (nSPS) is 12.5. The Morgan fingerprint density at radius 1 is 0.976 bits per heavy atom. The largest absolute Gasteiger partial charge is 0.508 e. The minimum absolute atomic E-state index is 0.0406. The number of nitrogens with zero attached hydrogens (tertiary/aromatic N) is 1. The lowest BCUT2D eigenvalue weighted by Crippen LogP contribution is -2.53. The minimum Gasteiger partial charge on any atom is -0.508 e. The second kappa shape index (κ2) is 13.5. The molecule has 3 amide bonds. The van der Waals surface area contributed by atoms with E-state index in [1.54, 1.807) is 63.2 Å². The summed E-state index contributed by atoms with van der Waals surface area (Å²) < 4.78 is 5.42. The smallest absolute Gasteiger partial charge is 0.408 e. The van der Waals surface area contributed by atoms with Crippen LogP contribution < -0.4 is 10.6 Å². The summed E-state index contributed by atoms with van der Waals surface area (Å²) >= 11 is 0. The van der Waals surface area contributed by atoms with Crippen LogP contribution in [-0.2, 0) is 20.7 Å². The van der Waals surface area contributed by atoms with Crippen molar-refractivity contribution in [2.24, 2.45) is 0 Å². The molecule has 4 N–H and O–H groups in total. The van der Waals surface area contributed by atoms with Crippen LogP contribution in [-0.4, -0.2) is 51.2 Å². The van der Waals surface area contributed by atoms with Crippen LogP contribution in [0.2, 0.25) is 0 Å². The van der Waals surface area contributed by atoms with Crippen molar-refractivity contribution in [3.63, 3.8) is 0 Å². The third kappa shape index (κ3) is 8.60. The molecule has 0 heterocycles. The molecule has 0 radical (unpaired) electrons. The van der Waals surface area contributed by atoms with Crippen molar-refractivity contribution >= 4 is 23.6 Å². The summed E-state index contributed by atoms with van der Waals surface area (Å²) in [4.78, 5) is 42.2. The molecule has 0 bridgehead atoms. The van der Waals surface area contributed by atoms with Gasteiger partial charge in [-0.2, -0.15) is 0 Å². The molecule has 9 heteroatoms. The number of phenols is 2. The van der Waals surface area contributed by atoms with Gasteiger partial charge in [0.2, 0.25) is 5.91 Å². The first kappa shape index (κ1) is 30.7. The summed E-state index contributed by atoms with van der Waals surface area (Å²) in [5, 5.41) is 26.0. The van der Waals surface area contributed by atoms with Gasteiger partial charge in [0.15, 0.2) is 0 Å². The maximum absolute atomic E-state index is 14.3. The molecule has 3 rings (SSSR count). The van der Waals surface area contributed by atoms with E-state index in [-0.39, 0.29) is 30.0 Å². The number of hydrogen-bond acceptors (Lipinski definition) is 6. The van der Waals surface area contributed by atoms with E-state index in [0.29, 0.717) is 11.3 Å². The van der Waals surface area contributed by atoms with Gasteiger partial charge in [0.05, 0.1) is 0 Å². The third-order valence-electron chi connectivity index (χ3n) is 6.17. The number of carbonyl (C=O) groups is 3. The zero-order valence-electron chi connectivity index (χ0n) is 23.8. The van der Waals surface area contributed by atoms with Crippen molar-refractivity contribution < 1.29 is 29.3 Å². The highest BCUT2D eigenvalue weighted by Crippen LogP contribution is 2.31. The average molecular weight is 560 g/mol. The number of ether oxygens (including phenoxy) is 1. The first-order chi connectivity index (χ1) is 19.4. The number of aryl methyl sites for hydroxylation is 1. The summed E-state index contributed by atoms with van der Waals surface area (Å²) in [6, 6.07) is 17.3. The minimum atomic E-state index is -1.27. The topological polar surface area (TPSA) is 128 Å². The standard InChI is InChI=1S/C32H37N3O6/c1-6-19-35(28(24-12-8-10-14-27(24)37)29(38)33-25-13-9-7-11-21(25)2)30(39)26(34-31(40)41-32(3,4)5)20-22-15-17-23(36)18-16-22/h6-18,26,28,36-37H,1,19-20H2,2-5H3,(H,33,38)(H,34,40). The fraction of sp³-hybridized carbons (Fsp3) is 0.281. The van der Waals surface area contributed by atoms with E-state index < -0.39 is 35.6 Å². The Bertz CT molecular complexity index is 1380. The van der Waals surface area contributed by atoms with Crippen LogP contribution in [0.1, 0.15) is 43.5 Å². The summed E-state index contributed by atoms with van der Waals surface area (Å²) in [7, 11) is 0. The van der Waals surface area contributed by atoms with Crippen molar-refractivity contribution in [2.75, 3.05) is 11.9 Å². The lowest BCUT2D eigenvalue weighted by molar-refractivity contribution is -0.140. The van der Waals surface area contributed by atoms with Crippen LogP contribution in [0.25, 0.3) is 0 Å². The quantitative estimate of drug-likeness (QED) is 0.252. The Labute approximate surface area is 240 Å². The molecule has 9 nitrogen and oxygen atoms in total. The molecule has 41 heavy (non-hydrogen) atoms. The molecule has 0 saturated carbocycles. The number of benzene rings is 3. The number of aromatic hydroxyl groups is 2. The first-order valence-corrected chi connectivity index (χ1v) is 13.2. The SMILES string of the molecule is C=CCN(C(=O)C(Cc1ccc(O)cc1)NC(=O)OC(C)(C)C)C(C(=O)Nc1ccccc1C)c1ccccc1O. The van der Waals surface area contributed by atoms with Gasteiger partial charge in [-0.05, 0) is 63.1 Å². The highest BCUT2D eigenvalue weighted by Gasteiger charge is 2.37. The molecule has 0 spiro atoms. The van der Waals surface area contributed by atoms with Crippen LogP contribution in [0.4, 0.5) is 10.5 Å². The molecule has 0 fully saturated rings. The summed E-state index contributed by atoms with van der Waals surface area (Å²) in [5.41, 5.74) is 1.41. The lowest BCUT2D eigenvalue weighted by atomic mass is 9.99. The van der Waals surface area contributed by atoms with Gasteiger partial charge in [0.1, 0.15) is 29.2 Å². The van der Waals surface area contributed by atoms with Crippen molar-refractivity contribution in [1.82, 2.24) is 10.2 Å². The van der Waals surface area contributed by atoms with Crippen LogP contribution in [0.3, 0.4) is 0 Å². The van der Waals surface area contributed by atoms with Crippen LogP contribution in [0.5, 0.6) is 11.5 Å². The van der Waals surface area contributed by atoms with Crippen molar-refractivity contribution in [1.29, 1.82) is 0 Å². The zero-order chi connectivity index (χ0) is 30.2. The van der Waals surface area contributed by atoms with E-state index in [0.717, 1.165) is 5.56 Å². The van der Waals surface area contributed by atoms with Gasteiger partial charge in [-0.3, -0.25) is 9.59 Å². The van der Waals surface area contributed by atoms with Gasteiger partial charge in [-0.25, -0.2) is 4.79 Å². The van der Waals surface area contributed by atoms with Crippen molar-refractivity contribution in [2.45, 2.75) is 51.8 Å². The molecular weight excluding hydrogens is 522 g/mol. The predicted octanol–water partition coefficient (Wildman–Crippen LogP) is 5.24. The fourth-order valence-electron chi connectivity index (χ4n) is 4.26. The van der Waals surface area contributed by atoms with Crippen LogP contribution in [0, 0.1) is 6.92 Å². The molecular formula is C32H37N3O6. The maximum Gasteiger partial charge on any atom is 0.408 e. The van der Waals surface area contributed by atoms with Crippen LogP contribution in [0.15, 0.2) is 85.5 Å². The molecule has 3 aromatic rings. The Morgan fingerprint density at radius 3 is 2.22 bits per heavy atom. The lowest BCUT2D eigenvalue weighted by Gasteiger charge is -2.34. The van der Waals surface area contributed by atoms with E-state index >= 15 is 0 Å². The summed E-state index contributed by atoms with van der Waals surface area (Å²) in [6.45, 7) is 10.7. The fourth-order valence-corrected chi connectivity index (χ4v) is 4.26. The van der Waals surface area contributed by atoms with Crippen molar-refractivity contribution in [3.8, 4) is 11.5 Å². The molecule has 0 saturated heterocycles. The molecule has 0 aliphatic heterocycles. The molecule has 3 aromatic carbocycles. The third-order valence-corrected chi connectivity index (χ3v) is 6.17. The second-order valence-electron chi connectivity index (χ2n) is 10.6. The maximum atomic E-state index is 14.3. The monoisotopic (exact) mass is 559 g/mol. The molecule has 0 aliphatic rings. The van der Waals surface area contributed by atoms with Crippen LogP contribution >= 0.6 is 0 Å². The molecule has 2 unspecified atom stereocenters. The summed E-state index contributed by atoms with van der Waals surface area (Å²) in [6.07, 6.45) is 0.701. The van der Waals surface area contributed by atoms with E-state index in [1.807, 2.05) is 19.1 Å². The highest BCUT2D eigenvalue weighted by atomic mass is 16.6. The molecule has 2 atom stereocenters. The van der Waals surface area contributed by atoms with Gasteiger partial charge >= 0.3 is 6.09 Å². The van der Waals surface area contributed by atoms with Crippen molar-refractivity contribution in [3.05, 3.63) is 102 Å². The Hall–Kier alpha value is -4.79. The Balaban J connectivity index is 2.06. The van der Waals surface area contributed by atoms with E-state index in [9.17, 15) is 24.6 Å². The van der Waals surface area contributed by atoms with Gasteiger partial charge in [-0.15, -0.1) is 6.58 Å². The van der Waals surface area contributed by atoms with E-state index in [4.69, 9.17) is 4.74 Å². The highest BCUT2D eigenvalue weighted by molar-refractivity contribution is 5.99. The molecule has 0 aromatic heterocycles. The van der Waals surface area contributed by atoms with E-state index in [1.165, 1.54) is 29.2 Å². The first-order valence-electron chi connectivity index (χ1n) is 13.2. The molecule has 216 valence electrons. The van der Waals surface area contributed by atoms with Gasteiger partial charge in [0, 0.05) is 24.2 Å². The second-order valence-corrected chi connectivity index (χ2v) is 10.6. The number of rotatable bonds is 10. The van der Waals surface area contributed by atoms with Gasteiger partial charge in [0.25, 0.3) is 5.91 Å². The molecule has 0 aliphatic carbocycles. The Kier molecular flexibility index (Phi) is 10.1. The van der Waals surface area contributed by atoms with E-state index in [2.05, 4.69) is 17.2 Å².